The van der Waals surface area contributed by atoms with E-state index in [4.69, 9.17) is 5.73 Å². The average Bonchev–Trinajstić information content (AvgIpc) is 2.55. The van der Waals surface area contributed by atoms with Crippen LogP contribution in [0.15, 0.2) is 24.3 Å². The number of benzene rings is 1. The number of nitrogens with two attached hydrogens (primary N) is 1. The number of nitrogen functional groups attached to an aromatic ring is 1. The first kappa shape index (κ1) is 14.3. The summed E-state index contributed by atoms with van der Waals surface area (Å²) in [4.78, 5) is 27.3. The van der Waals surface area contributed by atoms with Crippen molar-refractivity contribution in [2.24, 2.45) is 0 Å². The third-order valence-electron chi connectivity index (χ3n) is 3.35. The third kappa shape index (κ3) is 3.71. The summed E-state index contributed by atoms with van der Waals surface area (Å²) in [6.45, 7) is 1.97. The zero-order valence-electron chi connectivity index (χ0n) is 11.6. The molecule has 6 nitrogen and oxygen atoms in total. The summed E-state index contributed by atoms with van der Waals surface area (Å²) in [6.07, 6.45) is 0.878. The predicted octanol–water partition coefficient (Wildman–Crippen LogP) is 0.371. The minimum absolute atomic E-state index is 0.0505. The van der Waals surface area contributed by atoms with Gasteiger partial charge < -0.3 is 16.0 Å². The first-order chi connectivity index (χ1) is 9.56. The molecule has 0 aromatic heterocycles. The minimum Gasteiger partial charge on any atom is -0.397 e. The van der Waals surface area contributed by atoms with Crippen LogP contribution in [0.25, 0.3) is 0 Å². The molecule has 1 aromatic carbocycles. The molecule has 1 aliphatic rings. The molecule has 20 heavy (non-hydrogen) atoms. The fraction of sp³-hybridized carbons (Fsp3) is 0.429. The second-order valence-electron chi connectivity index (χ2n) is 5.01. The second-order valence-corrected chi connectivity index (χ2v) is 5.01. The van der Waals surface area contributed by atoms with Gasteiger partial charge in [-0.2, -0.15) is 0 Å². The van der Waals surface area contributed by atoms with Crippen molar-refractivity contribution in [3.05, 3.63) is 24.3 Å². The summed E-state index contributed by atoms with van der Waals surface area (Å²) in [5, 5.41) is 2.77. The van der Waals surface area contributed by atoms with Crippen molar-refractivity contribution in [2.45, 2.75) is 6.42 Å². The molecule has 0 spiro atoms. The lowest BCUT2D eigenvalue weighted by atomic mass is 10.2. The number of carbonyl (C=O) groups excluding carboxylic acids is 2. The number of hydrogen-bond acceptors (Lipinski definition) is 4. The van der Waals surface area contributed by atoms with Crippen molar-refractivity contribution in [2.75, 3.05) is 44.3 Å². The van der Waals surface area contributed by atoms with Gasteiger partial charge in [-0.25, -0.2) is 0 Å². The van der Waals surface area contributed by atoms with Gasteiger partial charge in [0.15, 0.2) is 0 Å². The Kier molecular flexibility index (Phi) is 4.57. The molecule has 0 saturated carbocycles. The number of anilines is 2. The summed E-state index contributed by atoms with van der Waals surface area (Å²) >= 11 is 0. The first-order valence-electron chi connectivity index (χ1n) is 6.67. The van der Waals surface area contributed by atoms with Crippen LogP contribution in [0, 0.1) is 0 Å². The fourth-order valence-electron chi connectivity index (χ4n) is 2.19. The molecule has 1 saturated heterocycles. The van der Waals surface area contributed by atoms with Gasteiger partial charge in [0.2, 0.25) is 11.8 Å². The molecule has 1 aliphatic heterocycles. The Labute approximate surface area is 118 Å². The number of hydrogen-bond donors (Lipinski definition) is 2. The van der Waals surface area contributed by atoms with Crippen molar-refractivity contribution in [1.82, 2.24) is 9.80 Å². The van der Waals surface area contributed by atoms with Gasteiger partial charge in [-0.15, -0.1) is 0 Å². The Morgan fingerprint density at radius 1 is 1.35 bits per heavy atom. The molecule has 2 rings (SSSR count). The molecule has 3 N–H and O–H groups in total. The van der Waals surface area contributed by atoms with Gasteiger partial charge in [0.05, 0.1) is 24.5 Å². The molecule has 2 amide bonds. The lowest BCUT2D eigenvalue weighted by Crippen LogP contribution is -2.38. The van der Waals surface area contributed by atoms with Gasteiger partial charge in [-0.1, -0.05) is 12.1 Å². The van der Waals surface area contributed by atoms with Gasteiger partial charge in [-0.3, -0.25) is 14.5 Å². The highest BCUT2D eigenvalue weighted by atomic mass is 16.2. The number of amides is 2. The number of carbonyl (C=O) groups is 2. The second kappa shape index (κ2) is 6.38. The maximum atomic E-state index is 12.0. The largest absolute Gasteiger partial charge is 0.397 e. The van der Waals surface area contributed by atoms with Crippen LogP contribution in [-0.2, 0) is 9.59 Å². The highest BCUT2D eigenvalue weighted by Crippen LogP contribution is 2.16. The van der Waals surface area contributed by atoms with Crippen LogP contribution < -0.4 is 11.1 Å². The molecule has 1 fully saturated rings. The minimum atomic E-state index is -0.153. The molecule has 0 atom stereocenters. The van der Waals surface area contributed by atoms with E-state index in [1.807, 2.05) is 17.0 Å². The molecule has 0 unspecified atom stereocenters. The first-order valence-corrected chi connectivity index (χ1v) is 6.67. The molecule has 1 heterocycles. The number of likely N-dealkylation sites (N-methyl/N-ethyl adjacent to an activating group) is 1. The molecule has 0 radical (unpaired) electrons. The summed E-state index contributed by atoms with van der Waals surface area (Å²) in [7, 11) is 1.79. The maximum Gasteiger partial charge on any atom is 0.238 e. The van der Waals surface area contributed by atoms with Crippen LogP contribution in [-0.4, -0.2) is 54.8 Å². The molecular weight excluding hydrogens is 256 g/mol. The molecule has 6 heteroatoms. The molecular formula is C14H20N4O2. The molecule has 0 aliphatic carbocycles. The van der Waals surface area contributed by atoms with Gasteiger partial charge >= 0.3 is 0 Å². The quantitative estimate of drug-likeness (QED) is 0.782. The zero-order chi connectivity index (χ0) is 14.5. The standard InChI is InChI=1S/C14H20N4O2/c1-17-7-4-8-18(10-14(17)20)9-13(19)16-12-6-3-2-5-11(12)15/h2-3,5-6H,4,7-10,15H2,1H3,(H,16,19). The topological polar surface area (TPSA) is 78.7 Å². The van der Waals surface area contributed by atoms with E-state index in [9.17, 15) is 9.59 Å². The highest BCUT2D eigenvalue weighted by molar-refractivity contribution is 5.95. The van der Waals surface area contributed by atoms with Crippen LogP contribution in [0.2, 0.25) is 0 Å². The lowest BCUT2D eigenvalue weighted by Gasteiger charge is -2.19. The molecule has 0 bridgehead atoms. The summed E-state index contributed by atoms with van der Waals surface area (Å²) in [5.74, 6) is -0.102. The molecule has 108 valence electrons. The van der Waals surface area contributed by atoms with Gasteiger partial charge in [0.25, 0.3) is 0 Å². The summed E-state index contributed by atoms with van der Waals surface area (Å²) in [5.41, 5.74) is 6.92. The Balaban J connectivity index is 1.91. The van der Waals surface area contributed by atoms with Gasteiger partial charge in [0, 0.05) is 20.1 Å². The van der Waals surface area contributed by atoms with Crippen LogP contribution >= 0.6 is 0 Å². The van der Waals surface area contributed by atoms with Crippen LogP contribution in [0.4, 0.5) is 11.4 Å². The normalized spacial score (nSPS) is 16.9. The third-order valence-corrected chi connectivity index (χ3v) is 3.35. The Bertz CT molecular complexity index is 504. The lowest BCUT2D eigenvalue weighted by molar-refractivity contribution is -0.130. The van der Waals surface area contributed by atoms with E-state index < -0.39 is 0 Å². The highest BCUT2D eigenvalue weighted by Gasteiger charge is 2.20. The number of para-hydroxylation sites is 2. The Morgan fingerprint density at radius 3 is 2.85 bits per heavy atom. The molecule has 1 aromatic rings. The van der Waals surface area contributed by atoms with Crippen molar-refractivity contribution in [1.29, 1.82) is 0 Å². The van der Waals surface area contributed by atoms with Gasteiger partial charge in [-0.05, 0) is 18.6 Å². The number of rotatable bonds is 3. The van der Waals surface area contributed by atoms with Crippen molar-refractivity contribution in [3.63, 3.8) is 0 Å². The van der Waals surface area contributed by atoms with Crippen LogP contribution in [0.5, 0.6) is 0 Å². The Morgan fingerprint density at radius 2 is 2.10 bits per heavy atom. The zero-order valence-corrected chi connectivity index (χ0v) is 11.6. The van der Waals surface area contributed by atoms with E-state index in [0.29, 0.717) is 11.4 Å². The van der Waals surface area contributed by atoms with E-state index in [-0.39, 0.29) is 24.9 Å². The average molecular weight is 276 g/mol. The number of nitrogens with one attached hydrogen (secondary N) is 1. The van der Waals surface area contributed by atoms with E-state index in [0.717, 1.165) is 19.5 Å². The van der Waals surface area contributed by atoms with Crippen molar-refractivity contribution in [3.8, 4) is 0 Å². The fourth-order valence-corrected chi connectivity index (χ4v) is 2.19. The Hall–Kier alpha value is -2.08. The van der Waals surface area contributed by atoms with Crippen molar-refractivity contribution < 1.29 is 9.59 Å². The summed E-state index contributed by atoms with van der Waals surface area (Å²) in [6, 6.07) is 7.12. The van der Waals surface area contributed by atoms with Crippen LogP contribution in [0.3, 0.4) is 0 Å². The summed E-state index contributed by atoms with van der Waals surface area (Å²) < 4.78 is 0. The predicted molar refractivity (Wildman–Crippen MR) is 78.2 cm³/mol. The number of nitrogens with zero attached hydrogens (tertiary/aromatic N) is 2. The smallest absolute Gasteiger partial charge is 0.238 e. The monoisotopic (exact) mass is 276 g/mol. The van der Waals surface area contributed by atoms with Crippen LogP contribution in [0.1, 0.15) is 6.42 Å². The van der Waals surface area contributed by atoms with Gasteiger partial charge in [0.1, 0.15) is 0 Å². The van der Waals surface area contributed by atoms with E-state index >= 15 is 0 Å². The van der Waals surface area contributed by atoms with E-state index in [1.54, 1.807) is 24.1 Å². The van der Waals surface area contributed by atoms with E-state index in [2.05, 4.69) is 5.32 Å². The SMILES string of the molecule is CN1CCCN(CC(=O)Nc2ccccc2N)CC1=O. The van der Waals surface area contributed by atoms with E-state index in [1.165, 1.54) is 0 Å². The van der Waals surface area contributed by atoms with Crippen molar-refractivity contribution >= 4 is 23.2 Å². The maximum absolute atomic E-state index is 12.0.